The highest BCUT2D eigenvalue weighted by molar-refractivity contribution is 5.11. The van der Waals surface area contributed by atoms with E-state index in [1.165, 1.54) is 5.69 Å². The monoisotopic (exact) mass is 247 g/mol. The predicted molar refractivity (Wildman–Crippen MR) is 71.3 cm³/mol. The first kappa shape index (κ1) is 12.8. The van der Waals surface area contributed by atoms with Crippen LogP contribution in [-0.4, -0.2) is 26.4 Å². The van der Waals surface area contributed by atoms with Gasteiger partial charge in [-0.05, 0) is 27.0 Å². The Hall–Kier alpha value is -1.62. The van der Waals surface area contributed by atoms with Crippen molar-refractivity contribution < 1.29 is 0 Å². The van der Waals surface area contributed by atoms with Crippen molar-refractivity contribution in [2.24, 2.45) is 7.05 Å². The molecule has 0 aliphatic heterocycles. The molecule has 0 aromatic carbocycles. The molecule has 5 heteroatoms. The molecule has 0 saturated heterocycles. The molecule has 0 aliphatic rings. The van der Waals surface area contributed by atoms with E-state index in [1.54, 1.807) is 0 Å². The second-order valence-electron chi connectivity index (χ2n) is 4.86. The van der Waals surface area contributed by atoms with Gasteiger partial charge in [0, 0.05) is 31.9 Å². The molecule has 2 aromatic rings. The van der Waals surface area contributed by atoms with E-state index >= 15 is 0 Å². The van der Waals surface area contributed by atoms with Crippen molar-refractivity contribution in [1.29, 1.82) is 0 Å². The van der Waals surface area contributed by atoms with E-state index < -0.39 is 0 Å². The summed E-state index contributed by atoms with van der Waals surface area (Å²) >= 11 is 0. The molecule has 98 valence electrons. The molecule has 0 bridgehead atoms. The summed E-state index contributed by atoms with van der Waals surface area (Å²) in [5.41, 5.74) is 2.28. The van der Waals surface area contributed by atoms with E-state index in [4.69, 9.17) is 0 Å². The second kappa shape index (κ2) is 5.35. The molecule has 18 heavy (non-hydrogen) atoms. The molecule has 0 saturated carbocycles. The van der Waals surface area contributed by atoms with Crippen molar-refractivity contribution in [3.63, 3.8) is 0 Å². The SMILES string of the molecule is CNC(Cc1ccn(C(C)C)n1)c1cncn1C. The number of hydrogen-bond acceptors (Lipinski definition) is 3. The summed E-state index contributed by atoms with van der Waals surface area (Å²) in [6, 6.07) is 2.73. The molecule has 2 aromatic heterocycles. The van der Waals surface area contributed by atoms with Crippen LogP contribution in [0, 0.1) is 0 Å². The van der Waals surface area contributed by atoms with Gasteiger partial charge in [-0.3, -0.25) is 4.68 Å². The highest BCUT2D eigenvalue weighted by atomic mass is 15.3. The molecule has 1 atom stereocenters. The second-order valence-corrected chi connectivity index (χ2v) is 4.86. The first-order chi connectivity index (χ1) is 8.61. The Kier molecular flexibility index (Phi) is 3.81. The van der Waals surface area contributed by atoms with Gasteiger partial charge in [0.15, 0.2) is 0 Å². The number of aryl methyl sites for hydroxylation is 1. The van der Waals surface area contributed by atoms with E-state index in [9.17, 15) is 0 Å². The average Bonchev–Trinajstić information content (AvgIpc) is 2.95. The Morgan fingerprint density at radius 1 is 1.39 bits per heavy atom. The van der Waals surface area contributed by atoms with E-state index in [1.807, 2.05) is 42.1 Å². The number of nitrogens with zero attached hydrogens (tertiary/aromatic N) is 4. The van der Waals surface area contributed by atoms with Crippen LogP contribution >= 0.6 is 0 Å². The largest absolute Gasteiger partial charge is 0.336 e. The lowest BCUT2D eigenvalue weighted by Crippen LogP contribution is -2.21. The highest BCUT2D eigenvalue weighted by Gasteiger charge is 2.15. The molecular formula is C13H21N5. The molecule has 2 heterocycles. The minimum atomic E-state index is 0.244. The van der Waals surface area contributed by atoms with Gasteiger partial charge in [-0.25, -0.2) is 4.98 Å². The summed E-state index contributed by atoms with van der Waals surface area (Å²) in [7, 11) is 3.98. The van der Waals surface area contributed by atoms with E-state index in [0.29, 0.717) is 6.04 Å². The van der Waals surface area contributed by atoms with Gasteiger partial charge in [-0.2, -0.15) is 5.10 Å². The number of hydrogen-bond donors (Lipinski definition) is 1. The minimum Gasteiger partial charge on any atom is -0.336 e. The molecule has 0 fully saturated rings. The maximum atomic E-state index is 4.58. The molecule has 1 N–H and O–H groups in total. The molecule has 5 nitrogen and oxygen atoms in total. The molecule has 2 rings (SSSR count). The van der Waals surface area contributed by atoms with Gasteiger partial charge in [0.2, 0.25) is 0 Å². The van der Waals surface area contributed by atoms with Crippen molar-refractivity contribution in [2.45, 2.75) is 32.4 Å². The summed E-state index contributed by atoms with van der Waals surface area (Å²) < 4.78 is 4.03. The third-order valence-corrected chi connectivity index (χ3v) is 3.17. The first-order valence-electron chi connectivity index (χ1n) is 6.29. The Morgan fingerprint density at radius 2 is 2.17 bits per heavy atom. The lowest BCUT2D eigenvalue weighted by atomic mass is 10.1. The highest BCUT2D eigenvalue weighted by Crippen LogP contribution is 2.16. The summed E-state index contributed by atoms with van der Waals surface area (Å²) in [4.78, 5) is 4.16. The van der Waals surface area contributed by atoms with Gasteiger partial charge in [0.25, 0.3) is 0 Å². The number of rotatable bonds is 5. The first-order valence-corrected chi connectivity index (χ1v) is 6.29. The summed E-state index contributed by atoms with van der Waals surface area (Å²) in [5, 5.41) is 7.91. The third-order valence-electron chi connectivity index (χ3n) is 3.17. The molecule has 0 aliphatic carbocycles. The lowest BCUT2D eigenvalue weighted by Gasteiger charge is -2.15. The minimum absolute atomic E-state index is 0.244. The van der Waals surface area contributed by atoms with Crippen LogP contribution in [0.4, 0.5) is 0 Å². The van der Waals surface area contributed by atoms with Crippen LogP contribution in [0.3, 0.4) is 0 Å². The van der Waals surface area contributed by atoms with Gasteiger partial charge >= 0.3 is 0 Å². The Morgan fingerprint density at radius 3 is 2.67 bits per heavy atom. The van der Waals surface area contributed by atoms with Crippen LogP contribution in [0.1, 0.15) is 37.3 Å². The standard InChI is InChI=1S/C13H21N5/c1-10(2)18-6-5-11(16-18)7-12(14-3)13-8-15-9-17(13)4/h5-6,8-10,12,14H,7H2,1-4H3. The van der Waals surface area contributed by atoms with Crippen LogP contribution in [0.15, 0.2) is 24.8 Å². The molecule has 1 unspecified atom stereocenters. The van der Waals surface area contributed by atoms with Crippen LogP contribution in [-0.2, 0) is 13.5 Å². The van der Waals surface area contributed by atoms with Gasteiger partial charge < -0.3 is 9.88 Å². The van der Waals surface area contributed by atoms with Crippen molar-refractivity contribution in [3.05, 3.63) is 36.2 Å². The smallest absolute Gasteiger partial charge is 0.0946 e. The van der Waals surface area contributed by atoms with Gasteiger partial charge in [-0.15, -0.1) is 0 Å². The Balaban J connectivity index is 2.13. The van der Waals surface area contributed by atoms with Gasteiger partial charge in [0.05, 0.1) is 23.8 Å². The fourth-order valence-electron chi connectivity index (χ4n) is 2.04. The van der Waals surface area contributed by atoms with E-state index in [2.05, 4.69) is 35.3 Å². The fraction of sp³-hybridized carbons (Fsp3) is 0.538. The average molecular weight is 247 g/mol. The Labute approximate surface area is 108 Å². The van der Waals surface area contributed by atoms with Crippen molar-refractivity contribution in [1.82, 2.24) is 24.6 Å². The van der Waals surface area contributed by atoms with E-state index in [0.717, 1.165) is 12.1 Å². The van der Waals surface area contributed by atoms with Crippen molar-refractivity contribution in [2.75, 3.05) is 7.05 Å². The quantitative estimate of drug-likeness (QED) is 0.875. The molecule has 0 spiro atoms. The van der Waals surface area contributed by atoms with Crippen LogP contribution in [0.25, 0.3) is 0 Å². The predicted octanol–water partition coefficient (Wildman–Crippen LogP) is 1.70. The molecular weight excluding hydrogens is 226 g/mol. The summed E-state index contributed by atoms with van der Waals surface area (Å²) in [6.07, 6.45) is 6.64. The zero-order valence-corrected chi connectivity index (χ0v) is 11.5. The molecule has 0 radical (unpaired) electrons. The zero-order valence-electron chi connectivity index (χ0n) is 11.5. The number of likely N-dealkylation sites (N-methyl/N-ethyl adjacent to an activating group) is 1. The number of nitrogens with one attached hydrogen (secondary N) is 1. The maximum Gasteiger partial charge on any atom is 0.0946 e. The van der Waals surface area contributed by atoms with Crippen LogP contribution in [0.5, 0.6) is 0 Å². The van der Waals surface area contributed by atoms with E-state index in [-0.39, 0.29) is 6.04 Å². The normalized spacial score (nSPS) is 13.2. The topological polar surface area (TPSA) is 47.7 Å². The number of imidazole rings is 1. The fourth-order valence-corrected chi connectivity index (χ4v) is 2.04. The maximum absolute atomic E-state index is 4.58. The van der Waals surface area contributed by atoms with Crippen LogP contribution < -0.4 is 5.32 Å². The lowest BCUT2D eigenvalue weighted by molar-refractivity contribution is 0.508. The van der Waals surface area contributed by atoms with Crippen LogP contribution in [0.2, 0.25) is 0 Å². The zero-order chi connectivity index (χ0) is 13.1. The molecule has 0 amide bonds. The van der Waals surface area contributed by atoms with Crippen molar-refractivity contribution >= 4 is 0 Å². The summed E-state index contributed by atoms with van der Waals surface area (Å²) in [6.45, 7) is 4.26. The van der Waals surface area contributed by atoms with Crippen molar-refractivity contribution in [3.8, 4) is 0 Å². The number of aromatic nitrogens is 4. The van der Waals surface area contributed by atoms with Gasteiger partial charge in [0.1, 0.15) is 0 Å². The summed E-state index contributed by atoms with van der Waals surface area (Å²) in [5.74, 6) is 0. The third kappa shape index (κ3) is 2.61. The van der Waals surface area contributed by atoms with Gasteiger partial charge in [-0.1, -0.05) is 0 Å². The Bertz CT molecular complexity index is 497.